The van der Waals surface area contributed by atoms with E-state index in [0.717, 1.165) is 6.42 Å². The molecule has 1 rings (SSSR count). The van der Waals surface area contributed by atoms with Gasteiger partial charge in [0.15, 0.2) is 0 Å². The van der Waals surface area contributed by atoms with E-state index < -0.39 is 0 Å². The average molecular weight is 158 g/mol. The highest BCUT2D eigenvalue weighted by molar-refractivity contribution is 5.19. The predicted molar refractivity (Wildman–Crippen MR) is 53.2 cm³/mol. The minimum atomic E-state index is 0.570. The fourth-order valence-corrected chi connectivity index (χ4v) is 1.18. The molecule has 0 N–H and O–H groups in total. The summed E-state index contributed by atoms with van der Waals surface area (Å²) in [6.45, 7) is 5.76. The smallest absolute Gasteiger partial charge is 0.0150 e. The van der Waals surface area contributed by atoms with Crippen LogP contribution < -0.4 is 0 Å². The number of allylic oxidation sites excluding steroid dienone is 1. The largest absolute Gasteiger partial charge is 0.133 e. The lowest BCUT2D eigenvalue weighted by atomic mass is 9.98. The van der Waals surface area contributed by atoms with E-state index in [0.29, 0.717) is 5.92 Å². The highest BCUT2D eigenvalue weighted by Crippen LogP contribution is 2.18. The van der Waals surface area contributed by atoms with Crippen LogP contribution in [0, 0.1) is 0 Å². The molecule has 0 fully saturated rings. The molecule has 0 aliphatic carbocycles. The van der Waals surface area contributed by atoms with Crippen molar-refractivity contribution >= 4 is 0 Å². The first-order valence-electron chi connectivity index (χ1n) is 4.24. The van der Waals surface area contributed by atoms with Crippen LogP contribution in [0.25, 0.3) is 0 Å². The van der Waals surface area contributed by atoms with E-state index in [2.05, 4.69) is 43.5 Å². The van der Waals surface area contributed by atoms with Crippen molar-refractivity contribution in [3.05, 3.63) is 54.3 Å². The summed E-state index contributed by atoms with van der Waals surface area (Å²) in [6, 6.07) is 10.5. The van der Waals surface area contributed by atoms with Gasteiger partial charge < -0.3 is 0 Å². The topological polar surface area (TPSA) is 0 Å². The first kappa shape index (κ1) is 8.83. The Kier molecular flexibility index (Phi) is 3.37. The van der Waals surface area contributed by atoms with Gasteiger partial charge in [0.25, 0.3) is 0 Å². The average Bonchev–Trinajstić information content (AvgIpc) is 2.15. The van der Waals surface area contributed by atoms with Gasteiger partial charge in [-0.25, -0.2) is 0 Å². The molecule has 0 heteroatoms. The van der Waals surface area contributed by atoms with Gasteiger partial charge in [-0.3, -0.25) is 0 Å². The molecule has 0 aliphatic heterocycles. The number of rotatable bonds is 3. The van der Waals surface area contributed by atoms with Crippen molar-refractivity contribution in [3.63, 3.8) is 0 Å². The van der Waals surface area contributed by atoms with Gasteiger partial charge in [0.05, 0.1) is 0 Å². The van der Waals surface area contributed by atoms with Crippen molar-refractivity contribution < 1.29 is 0 Å². The standard InChI is InChI=1S/C12H14/c1-3-4-8-11(2)12-9-6-5-7-10-12/h4-7,9-11H,1,8H2,2H3. The Balaban J connectivity index is 2.65. The molecule has 62 valence electrons. The lowest BCUT2D eigenvalue weighted by Gasteiger charge is -2.07. The molecule has 1 aromatic rings. The van der Waals surface area contributed by atoms with Gasteiger partial charge in [-0.05, 0) is 24.0 Å². The van der Waals surface area contributed by atoms with E-state index in [-0.39, 0.29) is 0 Å². The molecule has 12 heavy (non-hydrogen) atoms. The van der Waals surface area contributed by atoms with Gasteiger partial charge in [0.2, 0.25) is 0 Å². The van der Waals surface area contributed by atoms with Crippen molar-refractivity contribution in [2.24, 2.45) is 0 Å². The monoisotopic (exact) mass is 158 g/mol. The van der Waals surface area contributed by atoms with Crippen LogP contribution in [0.5, 0.6) is 0 Å². The molecule has 0 saturated carbocycles. The molecule has 0 aliphatic rings. The quantitative estimate of drug-likeness (QED) is 0.590. The fraction of sp³-hybridized carbons (Fsp3) is 0.250. The first-order chi connectivity index (χ1) is 5.84. The molecule has 0 aromatic heterocycles. The second-order valence-corrected chi connectivity index (χ2v) is 2.96. The van der Waals surface area contributed by atoms with E-state index in [1.807, 2.05) is 12.1 Å². The molecule has 0 bridgehead atoms. The van der Waals surface area contributed by atoms with Gasteiger partial charge in [-0.2, -0.15) is 0 Å². The third-order valence-electron chi connectivity index (χ3n) is 1.98. The highest BCUT2D eigenvalue weighted by Gasteiger charge is 2.00. The molecule has 1 atom stereocenters. The van der Waals surface area contributed by atoms with E-state index in [1.165, 1.54) is 5.56 Å². The molecule has 0 radical (unpaired) electrons. The van der Waals surface area contributed by atoms with Crippen molar-refractivity contribution in [2.75, 3.05) is 0 Å². The van der Waals surface area contributed by atoms with Crippen LogP contribution >= 0.6 is 0 Å². The first-order valence-corrected chi connectivity index (χ1v) is 4.24. The van der Waals surface area contributed by atoms with Gasteiger partial charge in [0, 0.05) is 0 Å². The summed E-state index contributed by atoms with van der Waals surface area (Å²) in [5, 5.41) is 0. The number of benzene rings is 1. The summed E-state index contributed by atoms with van der Waals surface area (Å²) < 4.78 is 0. The van der Waals surface area contributed by atoms with E-state index in [1.54, 1.807) is 0 Å². The van der Waals surface area contributed by atoms with Crippen LogP contribution in [0.4, 0.5) is 0 Å². The summed E-state index contributed by atoms with van der Waals surface area (Å²) in [6.07, 6.45) is 3.01. The van der Waals surface area contributed by atoms with Crippen LogP contribution in [0.1, 0.15) is 24.8 Å². The van der Waals surface area contributed by atoms with Crippen molar-refractivity contribution in [1.82, 2.24) is 0 Å². The summed E-state index contributed by atoms with van der Waals surface area (Å²) in [7, 11) is 0. The van der Waals surface area contributed by atoms with Crippen LogP contribution in [-0.4, -0.2) is 0 Å². The molecule has 0 heterocycles. The van der Waals surface area contributed by atoms with Crippen LogP contribution in [-0.2, 0) is 0 Å². The van der Waals surface area contributed by atoms with Crippen molar-refractivity contribution in [1.29, 1.82) is 0 Å². The Morgan fingerprint density at radius 1 is 1.42 bits per heavy atom. The van der Waals surface area contributed by atoms with Crippen molar-refractivity contribution in [3.8, 4) is 0 Å². The third-order valence-corrected chi connectivity index (χ3v) is 1.98. The third kappa shape index (κ3) is 2.41. The lowest BCUT2D eigenvalue weighted by Crippen LogP contribution is -1.89. The van der Waals surface area contributed by atoms with Gasteiger partial charge in [-0.15, -0.1) is 5.73 Å². The normalized spacial score (nSPS) is 11.8. The molecule has 1 unspecified atom stereocenters. The SMILES string of the molecule is C=C=CCC(C)c1ccccc1. The van der Waals surface area contributed by atoms with Crippen molar-refractivity contribution in [2.45, 2.75) is 19.3 Å². The van der Waals surface area contributed by atoms with E-state index in [9.17, 15) is 0 Å². The van der Waals surface area contributed by atoms with E-state index >= 15 is 0 Å². The molecule has 0 saturated heterocycles. The molecule has 1 aromatic carbocycles. The predicted octanol–water partition coefficient (Wildman–Crippen LogP) is 3.52. The fourth-order valence-electron chi connectivity index (χ4n) is 1.18. The van der Waals surface area contributed by atoms with Gasteiger partial charge in [-0.1, -0.05) is 43.8 Å². The van der Waals surface area contributed by atoms with Crippen LogP contribution in [0.2, 0.25) is 0 Å². The number of hydrogen-bond acceptors (Lipinski definition) is 0. The zero-order chi connectivity index (χ0) is 8.81. The summed E-state index contributed by atoms with van der Waals surface area (Å²) in [5.74, 6) is 0.570. The molecule has 0 spiro atoms. The maximum atomic E-state index is 3.55. The Labute approximate surface area is 74.2 Å². The summed E-state index contributed by atoms with van der Waals surface area (Å²) in [5.41, 5.74) is 4.17. The Hall–Kier alpha value is -1.26. The Morgan fingerprint density at radius 2 is 2.08 bits per heavy atom. The molecular formula is C12H14. The second kappa shape index (κ2) is 4.58. The molecule has 0 amide bonds. The number of hydrogen-bond donors (Lipinski definition) is 0. The zero-order valence-electron chi connectivity index (χ0n) is 7.46. The second-order valence-electron chi connectivity index (χ2n) is 2.96. The molecular weight excluding hydrogens is 144 g/mol. The van der Waals surface area contributed by atoms with Crippen LogP contribution in [0.3, 0.4) is 0 Å². The van der Waals surface area contributed by atoms with Crippen LogP contribution in [0.15, 0.2) is 48.7 Å². The minimum absolute atomic E-state index is 0.570. The Bertz CT molecular complexity index is 265. The van der Waals surface area contributed by atoms with Gasteiger partial charge in [0.1, 0.15) is 0 Å². The summed E-state index contributed by atoms with van der Waals surface area (Å²) >= 11 is 0. The lowest BCUT2D eigenvalue weighted by molar-refractivity contribution is 0.781. The van der Waals surface area contributed by atoms with Gasteiger partial charge >= 0.3 is 0 Å². The highest BCUT2D eigenvalue weighted by atomic mass is 14.0. The van der Waals surface area contributed by atoms with E-state index in [4.69, 9.17) is 0 Å². The molecule has 0 nitrogen and oxygen atoms in total. The zero-order valence-corrected chi connectivity index (χ0v) is 7.46. The maximum Gasteiger partial charge on any atom is -0.0150 e. The minimum Gasteiger partial charge on any atom is -0.133 e. The summed E-state index contributed by atoms with van der Waals surface area (Å²) in [4.78, 5) is 0. The maximum absolute atomic E-state index is 3.55. The Morgan fingerprint density at radius 3 is 2.67 bits per heavy atom.